The van der Waals surface area contributed by atoms with Crippen LogP contribution >= 0.6 is 23.4 Å². The molecule has 2 aromatic carbocycles. The van der Waals surface area contributed by atoms with Gasteiger partial charge >= 0.3 is 5.97 Å². The molecule has 5 nitrogen and oxygen atoms in total. The highest BCUT2D eigenvalue weighted by Gasteiger charge is 2.44. The van der Waals surface area contributed by atoms with Gasteiger partial charge in [-0.25, -0.2) is 4.98 Å². The van der Waals surface area contributed by atoms with E-state index in [4.69, 9.17) is 16.6 Å². The fraction of sp³-hybridized carbons (Fsp3) is 0.450. The Bertz CT molecular complexity index is 1560. The topological polar surface area (TPSA) is 79.6 Å². The van der Waals surface area contributed by atoms with E-state index >= 15 is 0 Å². The van der Waals surface area contributed by atoms with Crippen LogP contribution in [0.15, 0.2) is 83.1 Å². The number of benzene rings is 2. The van der Waals surface area contributed by atoms with E-state index in [0.29, 0.717) is 5.02 Å². The normalized spacial score (nSPS) is 14.9. The first kappa shape index (κ1) is 40.0. The van der Waals surface area contributed by atoms with Crippen LogP contribution in [0.25, 0.3) is 23.1 Å². The van der Waals surface area contributed by atoms with Gasteiger partial charge in [0.25, 0.3) is 0 Å². The van der Waals surface area contributed by atoms with E-state index in [2.05, 4.69) is 54.6 Å². The number of rotatable bonds is 15. The molecular weight excluding hydrogens is 624 g/mol. The van der Waals surface area contributed by atoms with Crippen molar-refractivity contribution in [1.82, 2.24) is 4.98 Å². The van der Waals surface area contributed by atoms with Crippen molar-refractivity contribution >= 4 is 52.4 Å². The molecule has 1 aliphatic carbocycles. The van der Waals surface area contributed by atoms with E-state index in [1.54, 1.807) is 0 Å². The summed E-state index contributed by atoms with van der Waals surface area (Å²) in [6.07, 6.45) is 13.1. The Morgan fingerprint density at radius 1 is 1.09 bits per heavy atom. The van der Waals surface area contributed by atoms with Crippen LogP contribution < -0.4 is 0 Å². The lowest BCUT2D eigenvalue weighted by molar-refractivity contribution is -0.138. The minimum atomic E-state index is -0.775. The van der Waals surface area contributed by atoms with Gasteiger partial charge in [-0.15, -0.1) is 4.91 Å². The first-order valence-electron chi connectivity index (χ1n) is 16.9. The summed E-state index contributed by atoms with van der Waals surface area (Å²) in [6.45, 7) is 15.8. The maximum atomic E-state index is 11.6. The van der Waals surface area contributed by atoms with Gasteiger partial charge in [-0.2, -0.15) is 11.8 Å². The largest absolute Gasteiger partial charge is 0.481 e. The number of carboxylic acid groups (broad SMARTS) is 1. The quantitative estimate of drug-likeness (QED) is 0.128. The molecule has 1 aromatic heterocycles. The second-order valence-electron chi connectivity index (χ2n) is 12.1. The number of fused-ring (bicyclic) bond motifs is 1. The SMILES string of the molecule is CC.CC.CC/C=C\C(CCC(SCC1(CC(=O)O)CC1)c1cccc(/C=C/c2ccc3ccc(Cl)cc3n2)c1)=C(/C)C(C)(C)N=O. The molecule has 1 aliphatic rings. The van der Waals surface area contributed by atoms with Crippen LogP contribution in [0.5, 0.6) is 0 Å². The number of carboxylic acids is 1. The number of aliphatic carboxylic acids is 1. The Kier molecular flexibility index (Phi) is 16.6. The second-order valence-corrected chi connectivity index (χ2v) is 13.7. The highest BCUT2D eigenvalue weighted by Crippen LogP contribution is 2.53. The molecular formula is C40H53ClN2O3S. The molecule has 1 atom stereocenters. The Labute approximate surface area is 292 Å². The van der Waals surface area contributed by atoms with Crippen LogP contribution in [0.3, 0.4) is 0 Å². The van der Waals surface area contributed by atoms with Crippen LogP contribution in [0.1, 0.15) is 116 Å². The first-order valence-corrected chi connectivity index (χ1v) is 18.4. The molecule has 0 saturated heterocycles. The van der Waals surface area contributed by atoms with Crippen molar-refractivity contribution in [1.29, 1.82) is 0 Å². The van der Waals surface area contributed by atoms with Crippen molar-refractivity contribution in [3.05, 3.63) is 105 Å². The molecule has 3 aromatic rings. The minimum absolute atomic E-state index is 0.100. The summed E-state index contributed by atoms with van der Waals surface area (Å²) < 4.78 is 0. The molecule has 254 valence electrons. The van der Waals surface area contributed by atoms with Gasteiger partial charge in [0.05, 0.1) is 17.6 Å². The lowest BCUT2D eigenvalue weighted by Crippen LogP contribution is -2.19. The number of hydrogen-bond acceptors (Lipinski definition) is 5. The zero-order chi connectivity index (χ0) is 35.0. The number of aromatic nitrogens is 1. The monoisotopic (exact) mass is 676 g/mol. The first-order chi connectivity index (χ1) is 22.5. The highest BCUT2D eigenvalue weighted by molar-refractivity contribution is 7.99. The van der Waals surface area contributed by atoms with Gasteiger partial charge in [0.2, 0.25) is 0 Å². The summed E-state index contributed by atoms with van der Waals surface area (Å²) in [6, 6.07) is 18.3. The van der Waals surface area contributed by atoms with Gasteiger partial charge < -0.3 is 5.11 Å². The van der Waals surface area contributed by atoms with Gasteiger partial charge in [-0.1, -0.05) is 106 Å². The van der Waals surface area contributed by atoms with Crippen molar-refractivity contribution in [3.8, 4) is 0 Å². The van der Waals surface area contributed by atoms with Gasteiger partial charge in [0, 0.05) is 21.4 Å². The van der Waals surface area contributed by atoms with Gasteiger partial charge in [0.1, 0.15) is 5.54 Å². The van der Waals surface area contributed by atoms with E-state index < -0.39 is 11.5 Å². The number of hydrogen-bond donors (Lipinski definition) is 1. The second kappa shape index (κ2) is 19.6. The van der Waals surface area contributed by atoms with Crippen molar-refractivity contribution in [2.24, 2.45) is 10.6 Å². The molecule has 1 unspecified atom stereocenters. The van der Waals surface area contributed by atoms with Crippen molar-refractivity contribution in [2.75, 3.05) is 5.75 Å². The Morgan fingerprint density at radius 2 is 1.79 bits per heavy atom. The molecule has 1 fully saturated rings. The zero-order valence-corrected chi connectivity index (χ0v) is 31.0. The Balaban J connectivity index is 0.00000185. The highest BCUT2D eigenvalue weighted by atomic mass is 35.5. The molecule has 0 aliphatic heterocycles. The number of halogens is 1. The molecule has 0 spiro atoms. The van der Waals surface area contributed by atoms with Crippen molar-refractivity contribution < 1.29 is 9.90 Å². The van der Waals surface area contributed by atoms with Crippen LogP contribution in [0, 0.1) is 10.3 Å². The summed E-state index contributed by atoms with van der Waals surface area (Å²) in [4.78, 5) is 27.9. The summed E-state index contributed by atoms with van der Waals surface area (Å²) in [7, 11) is 0. The number of allylic oxidation sites excluding steroid dienone is 3. The van der Waals surface area contributed by atoms with Gasteiger partial charge in [-0.05, 0) is 105 Å². The third-order valence-corrected chi connectivity index (χ3v) is 10.3. The average molecular weight is 677 g/mol. The molecule has 1 heterocycles. The van der Waals surface area contributed by atoms with Gasteiger partial charge in [-0.3, -0.25) is 4.79 Å². The van der Waals surface area contributed by atoms with Gasteiger partial charge in [0.15, 0.2) is 0 Å². The molecule has 1 N–H and O–H groups in total. The fourth-order valence-electron chi connectivity index (χ4n) is 5.14. The van der Waals surface area contributed by atoms with E-state index in [0.717, 1.165) is 71.2 Å². The summed E-state index contributed by atoms with van der Waals surface area (Å²) in [5.74, 6) is 0.0955. The third-order valence-electron chi connectivity index (χ3n) is 8.34. The molecule has 47 heavy (non-hydrogen) atoms. The van der Waals surface area contributed by atoms with E-state index in [1.165, 1.54) is 5.56 Å². The van der Waals surface area contributed by atoms with Crippen molar-refractivity contribution in [2.45, 2.75) is 105 Å². The maximum absolute atomic E-state index is 11.6. The maximum Gasteiger partial charge on any atom is 0.303 e. The standard InChI is InChI=1S/C36H41ClN2O3S.2C2H6/c1-5-6-9-27(25(2)35(3,4)39-42)14-18-33(43-24-36(19-20-36)23-34(40)41)29-10-7-8-26(21-29)11-16-31-17-13-28-12-15-30(37)22-32(28)38-31;2*1-2/h6-13,15-17,21-22,33H,5,14,18-20,23-24H2,1-4H3,(H,40,41);2*1-2H3/b9-6-,16-11+,27-25-;;. The minimum Gasteiger partial charge on any atom is -0.481 e. The number of thioether (sulfide) groups is 1. The predicted molar refractivity (Wildman–Crippen MR) is 205 cm³/mol. The van der Waals surface area contributed by atoms with Crippen LogP contribution in [0.4, 0.5) is 0 Å². The molecule has 4 rings (SSSR count). The average Bonchev–Trinajstić information content (AvgIpc) is 3.84. The number of nitrogens with zero attached hydrogens (tertiary/aromatic N) is 2. The number of pyridine rings is 1. The molecule has 1 saturated carbocycles. The smallest absolute Gasteiger partial charge is 0.303 e. The zero-order valence-electron chi connectivity index (χ0n) is 29.5. The molecule has 7 heteroatoms. The lowest BCUT2D eigenvalue weighted by Gasteiger charge is -2.24. The molecule has 0 amide bonds. The van der Waals surface area contributed by atoms with E-state index in [9.17, 15) is 14.8 Å². The summed E-state index contributed by atoms with van der Waals surface area (Å²) in [5.41, 5.74) is 5.25. The Hall–Kier alpha value is -3.22. The van der Waals surface area contributed by atoms with Crippen LogP contribution in [0.2, 0.25) is 5.02 Å². The molecule has 0 bridgehead atoms. The van der Waals surface area contributed by atoms with Crippen LogP contribution in [-0.4, -0.2) is 27.4 Å². The lowest BCUT2D eigenvalue weighted by atomic mass is 9.89. The fourth-order valence-corrected chi connectivity index (χ4v) is 6.88. The third kappa shape index (κ3) is 12.4. The van der Waals surface area contributed by atoms with Crippen molar-refractivity contribution in [3.63, 3.8) is 0 Å². The van der Waals surface area contributed by atoms with E-state index in [-0.39, 0.29) is 17.1 Å². The number of nitroso groups, excluding NO2 is 1. The predicted octanol–water partition coefficient (Wildman–Crippen LogP) is 12.7. The molecule has 0 radical (unpaired) electrons. The summed E-state index contributed by atoms with van der Waals surface area (Å²) >= 11 is 8.03. The summed E-state index contributed by atoms with van der Waals surface area (Å²) in [5, 5.41) is 14.8. The Morgan fingerprint density at radius 3 is 2.43 bits per heavy atom. The van der Waals surface area contributed by atoms with E-state index in [1.807, 2.05) is 96.6 Å². The van der Waals surface area contributed by atoms with Crippen LogP contribution in [-0.2, 0) is 4.79 Å². The number of carbonyl (C=O) groups is 1.